The summed E-state index contributed by atoms with van der Waals surface area (Å²) in [6.07, 6.45) is 1.75. The van der Waals surface area contributed by atoms with Crippen LogP contribution in [0.2, 0.25) is 0 Å². The van der Waals surface area contributed by atoms with E-state index in [-0.39, 0.29) is 12.0 Å². The summed E-state index contributed by atoms with van der Waals surface area (Å²) >= 11 is 1.68. The third-order valence-electron chi connectivity index (χ3n) is 3.88. The van der Waals surface area contributed by atoms with Crippen LogP contribution in [0.5, 0.6) is 0 Å². The lowest BCUT2D eigenvalue weighted by Gasteiger charge is -2.23. The zero-order valence-electron chi connectivity index (χ0n) is 14.4. The number of nitrogens with one attached hydrogen (secondary N) is 2. The van der Waals surface area contributed by atoms with Crippen LogP contribution >= 0.6 is 11.3 Å². The van der Waals surface area contributed by atoms with E-state index >= 15 is 0 Å². The summed E-state index contributed by atoms with van der Waals surface area (Å²) in [5, 5.41) is 20.0. The first-order valence-electron chi connectivity index (χ1n) is 7.86. The van der Waals surface area contributed by atoms with Crippen LogP contribution in [0, 0.1) is 5.41 Å². The molecule has 3 N–H and O–H groups in total. The molecule has 0 aliphatic carbocycles. The maximum absolute atomic E-state index is 9.49. The van der Waals surface area contributed by atoms with Gasteiger partial charge in [0, 0.05) is 44.9 Å². The van der Waals surface area contributed by atoms with E-state index in [2.05, 4.69) is 27.6 Å². The summed E-state index contributed by atoms with van der Waals surface area (Å²) < 4.78 is 1.11. The summed E-state index contributed by atoms with van der Waals surface area (Å²) in [6.45, 7) is 4.90. The Morgan fingerprint density at radius 3 is 2.75 bits per heavy atom. The molecule has 128 valence electrons. The van der Waals surface area contributed by atoms with Gasteiger partial charge in [-0.1, -0.05) is 13.8 Å². The second kappa shape index (κ2) is 6.41. The van der Waals surface area contributed by atoms with E-state index in [1.807, 2.05) is 38.9 Å². The lowest BCUT2D eigenvalue weighted by atomic mass is 9.95. The van der Waals surface area contributed by atoms with E-state index in [4.69, 9.17) is 4.98 Å². The Labute approximate surface area is 145 Å². The number of nitrogens with zero attached hydrogens (tertiary/aromatic N) is 3. The van der Waals surface area contributed by atoms with Gasteiger partial charge in [-0.2, -0.15) is 5.10 Å². The van der Waals surface area contributed by atoms with Crippen molar-refractivity contribution in [2.24, 2.45) is 5.41 Å². The van der Waals surface area contributed by atoms with Crippen LogP contribution in [0.25, 0.3) is 20.8 Å². The molecule has 6 nitrogen and oxygen atoms in total. The van der Waals surface area contributed by atoms with Gasteiger partial charge in [0.05, 0.1) is 26.5 Å². The molecule has 0 unspecified atom stereocenters. The van der Waals surface area contributed by atoms with Gasteiger partial charge in [0.2, 0.25) is 0 Å². The summed E-state index contributed by atoms with van der Waals surface area (Å²) in [6, 6.07) is 6.10. The molecular weight excluding hydrogens is 322 g/mol. The zero-order valence-corrected chi connectivity index (χ0v) is 15.2. The van der Waals surface area contributed by atoms with Gasteiger partial charge in [0.15, 0.2) is 0 Å². The molecular formula is C17H23N5OS. The first-order valence-corrected chi connectivity index (χ1v) is 8.68. The number of aromatic amines is 1. The third-order valence-corrected chi connectivity index (χ3v) is 5.07. The Kier molecular flexibility index (Phi) is 4.47. The Bertz CT molecular complexity index is 823. The molecule has 0 saturated carbocycles. The van der Waals surface area contributed by atoms with Crippen LogP contribution in [0.1, 0.15) is 13.8 Å². The van der Waals surface area contributed by atoms with E-state index in [1.54, 1.807) is 17.5 Å². The molecule has 0 aliphatic heterocycles. The van der Waals surface area contributed by atoms with Crippen molar-refractivity contribution in [1.82, 2.24) is 15.2 Å². The maximum Gasteiger partial charge on any atom is 0.130 e. The molecule has 0 bridgehead atoms. The van der Waals surface area contributed by atoms with Gasteiger partial charge in [-0.05, 0) is 12.1 Å². The van der Waals surface area contributed by atoms with Crippen LogP contribution < -0.4 is 10.2 Å². The van der Waals surface area contributed by atoms with Crippen LogP contribution in [-0.2, 0) is 0 Å². The number of aromatic nitrogens is 3. The Hall–Kier alpha value is -2.12. The monoisotopic (exact) mass is 345 g/mol. The average Bonchev–Trinajstić information content (AvgIpc) is 3.21. The average molecular weight is 345 g/mol. The minimum atomic E-state index is -0.183. The largest absolute Gasteiger partial charge is 0.396 e. The molecule has 0 atom stereocenters. The fourth-order valence-electron chi connectivity index (χ4n) is 2.28. The summed E-state index contributed by atoms with van der Waals surface area (Å²) in [4.78, 5) is 7.85. The summed E-state index contributed by atoms with van der Waals surface area (Å²) in [5.74, 6) is 0.903. The van der Waals surface area contributed by atoms with Crippen molar-refractivity contribution in [1.29, 1.82) is 0 Å². The van der Waals surface area contributed by atoms with Crippen molar-refractivity contribution in [3.05, 3.63) is 24.4 Å². The van der Waals surface area contributed by atoms with Crippen molar-refractivity contribution in [2.45, 2.75) is 13.8 Å². The zero-order chi connectivity index (χ0) is 17.3. The fourth-order valence-corrected chi connectivity index (χ4v) is 3.35. The number of aliphatic hydroxyl groups is 1. The molecule has 0 fully saturated rings. The molecule has 3 aromatic rings. The quantitative estimate of drug-likeness (QED) is 0.640. The van der Waals surface area contributed by atoms with Gasteiger partial charge in [-0.25, -0.2) is 4.98 Å². The molecule has 3 heterocycles. The van der Waals surface area contributed by atoms with E-state index < -0.39 is 0 Å². The number of anilines is 2. The second-order valence-corrected chi connectivity index (χ2v) is 7.95. The number of aliphatic hydroxyl groups excluding tert-OH is 1. The maximum atomic E-state index is 9.49. The molecule has 0 aromatic carbocycles. The summed E-state index contributed by atoms with van der Waals surface area (Å²) in [7, 11) is 3.97. The lowest BCUT2D eigenvalue weighted by Crippen LogP contribution is -2.27. The third kappa shape index (κ3) is 3.37. The minimum absolute atomic E-state index is 0.137. The smallest absolute Gasteiger partial charge is 0.130 e. The van der Waals surface area contributed by atoms with E-state index in [0.717, 1.165) is 32.3 Å². The molecule has 0 radical (unpaired) electrons. The van der Waals surface area contributed by atoms with Crippen molar-refractivity contribution in [3.8, 4) is 10.6 Å². The van der Waals surface area contributed by atoms with Crippen LogP contribution in [0.15, 0.2) is 24.4 Å². The van der Waals surface area contributed by atoms with Gasteiger partial charge in [0.25, 0.3) is 0 Å². The van der Waals surface area contributed by atoms with Gasteiger partial charge in [-0.3, -0.25) is 5.10 Å². The molecule has 24 heavy (non-hydrogen) atoms. The van der Waals surface area contributed by atoms with E-state index in [1.165, 1.54) is 0 Å². The number of rotatable bonds is 6. The van der Waals surface area contributed by atoms with Crippen molar-refractivity contribution >= 4 is 33.1 Å². The fraction of sp³-hybridized carbons (Fsp3) is 0.412. The summed E-state index contributed by atoms with van der Waals surface area (Å²) in [5.41, 5.74) is 2.81. The normalized spacial score (nSPS) is 11.9. The predicted octanol–water partition coefficient (Wildman–Crippen LogP) is 3.18. The standard InChI is InChI=1S/C17H23N5OS/c1-17(2,10-23)9-18-12-8-15(22(3)4)20-13-7-14(24-16(12)13)11-5-6-19-21-11/h5-8,23H,9-10H2,1-4H3,(H,18,20)(H,19,21). The van der Waals surface area contributed by atoms with Crippen molar-refractivity contribution in [3.63, 3.8) is 0 Å². The van der Waals surface area contributed by atoms with Crippen LogP contribution in [-0.4, -0.2) is 47.5 Å². The molecule has 3 rings (SSSR count). The highest BCUT2D eigenvalue weighted by Crippen LogP contribution is 2.38. The highest BCUT2D eigenvalue weighted by Gasteiger charge is 2.18. The van der Waals surface area contributed by atoms with E-state index in [9.17, 15) is 5.11 Å². The molecule has 0 aliphatic rings. The molecule has 3 aromatic heterocycles. The molecule has 0 spiro atoms. The highest BCUT2D eigenvalue weighted by atomic mass is 32.1. The topological polar surface area (TPSA) is 77.1 Å². The molecule has 0 saturated heterocycles. The van der Waals surface area contributed by atoms with Gasteiger partial charge >= 0.3 is 0 Å². The van der Waals surface area contributed by atoms with Crippen LogP contribution in [0.4, 0.5) is 11.5 Å². The SMILES string of the molecule is CN(C)c1cc(NCC(C)(C)CO)c2sc(-c3ccn[nH]3)cc2n1. The Morgan fingerprint density at radius 2 is 2.12 bits per heavy atom. The number of hydrogen-bond acceptors (Lipinski definition) is 6. The number of hydrogen-bond donors (Lipinski definition) is 3. The van der Waals surface area contributed by atoms with Crippen molar-refractivity contribution < 1.29 is 5.11 Å². The van der Waals surface area contributed by atoms with Crippen LogP contribution in [0.3, 0.4) is 0 Å². The first-order chi connectivity index (χ1) is 11.4. The highest BCUT2D eigenvalue weighted by molar-refractivity contribution is 7.22. The second-order valence-electron chi connectivity index (χ2n) is 6.89. The van der Waals surface area contributed by atoms with Crippen molar-refractivity contribution in [2.75, 3.05) is 37.5 Å². The van der Waals surface area contributed by atoms with Gasteiger partial charge < -0.3 is 15.3 Å². The number of H-pyrrole nitrogens is 1. The first kappa shape index (κ1) is 16.7. The lowest BCUT2D eigenvalue weighted by molar-refractivity contribution is 0.171. The Morgan fingerprint density at radius 1 is 1.33 bits per heavy atom. The number of thiophene rings is 1. The predicted molar refractivity (Wildman–Crippen MR) is 101 cm³/mol. The van der Waals surface area contributed by atoms with Gasteiger partial charge in [-0.15, -0.1) is 11.3 Å². The van der Waals surface area contributed by atoms with E-state index in [0.29, 0.717) is 6.54 Å². The minimum Gasteiger partial charge on any atom is -0.396 e. The number of fused-ring (bicyclic) bond motifs is 1. The molecule has 0 amide bonds. The Balaban J connectivity index is 2.04. The number of pyridine rings is 1. The molecule has 7 heteroatoms. The van der Waals surface area contributed by atoms with Gasteiger partial charge in [0.1, 0.15) is 5.82 Å².